The van der Waals surface area contributed by atoms with Gasteiger partial charge in [0.05, 0.1) is 0 Å². The predicted molar refractivity (Wildman–Crippen MR) is 71.6 cm³/mol. The van der Waals surface area contributed by atoms with E-state index >= 15 is 0 Å². The highest BCUT2D eigenvalue weighted by molar-refractivity contribution is 5.82. The van der Waals surface area contributed by atoms with Crippen molar-refractivity contribution in [2.24, 2.45) is 5.92 Å². The zero-order valence-corrected chi connectivity index (χ0v) is 11.7. The summed E-state index contributed by atoms with van der Waals surface area (Å²) in [6.45, 7) is 6.59. The van der Waals surface area contributed by atoms with E-state index < -0.39 is 12.0 Å². The van der Waals surface area contributed by atoms with Crippen LogP contribution in [0.25, 0.3) is 0 Å². The molecule has 18 heavy (non-hydrogen) atoms. The van der Waals surface area contributed by atoms with Gasteiger partial charge in [-0.1, -0.05) is 40.0 Å². The third-order valence-corrected chi connectivity index (χ3v) is 2.63. The molecule has 0 aromatic carbocycles. The highest BCUT2D eigenvalue weighted by Gasteiger charge is 2.20. The number of carboxylic acids is 1. The maximum atomic E-state index is 11.5. The van der Waals surface area contributed by atoms with E-state index in [9.17, 15) is 9.59 Å². The monoisotopic (exact) mass is 258 g/mol. The summed E-state index contributed by atoms with van der Waals surface area (Å²) in [5.41, 5.74) is 0. The second-order valence-electron chi connectivity index (χ2n) is 4.98. The standard InChI is InChI=1S/C13H26N2O3/c1-4-5-6-7-8-14-13(18)15-11(12(16)17)9-10(2)3/h10-11H,4-9H2,1-3H3,(H,16,17)(H2,14,15,18). The average molecular weight is 258 g/mol. The van der Waals surface area contributed by atoms with Crippen molar-refractivity contribution in [2.75, 3.05) is 6.54 Å². The Bertz CT molecular complexity index is 255. The number of carbonyl (C=O) groups is 2. The van der Waals surface area contributed by atoms with E-state index in [0.717, 1.165) is 25.7 Å². The number of aliphatic carboxylic acids is 1. The van der Waals surface area contributed by atoms with Gasteiger partial charge in [-0.25, -0.2) is 9.59 Å². The Morgan fingerprint density at radius 2 is 1.83 bits per heavy atom. The van der Waals surface area contributed by atoms with Gasteiger partial charge in [0.2, 0.25) is 0 Å². The Hall–Kier alpha value is -1.26. The summed E-state index contributed by atoms with van der Waals surface area (Å²) in [4.78, 5) is 22.4. The minimum Gasteiger partial charge on any atom is -0.480 e. The van der Waals surface area contributed by atoms with Crippen molar-refractivity contribution in [1.82, 2.24) is 10.6 Å². The highest BCUT2D eigenvalue weighted by atomic mass is 16.4. The van der Waals surface area contributed by atoms with E-state index in [2.05, 4.69) is 17.6 Å². The molecule has 0 bridgehead atoms. The van der Waals surface area contributed by atoms with Crippen LogP contribution in [-0.2, 0) is 4.79 Å². The third-order valence-electron chi connectivity index (χ3n) is 2.63. The predicted octanol–water partition coefficient (Wildman–Crippen LogP) is 2.37. The van der Waals surface area contributed by atoms with Gasteiger partial charge in [0, 0.05) is 6.54 Å². The summed E-state index contributed by atoms with van der Waals surface area (Å²) in [6.07, 6.45) is 4.78. The zero-order valence-electron chi connectivity index (χ0n) is 11.7. The SMILES string of the molecule is CCCCCCNC(=O)NC(CC(C)C)C(=O)O. The molecule has 0 aliphatic heterocycles. The molecular weight excluding hydrogens is 232 g/mol. The van der Waals surface area contributed by atoms with Crippen LogP contribution in [0, 0.1) is 5.92 Å². The van der Waals surface area contributed by atoms with Crippen LogP contribution in [0.3, 0.4) is 0 Å². The van der Waals surface area contributed by atoms with Crippen LogP contribution < -0.4 is 10.6 Å². The molecule has 0 spiro atoms. The van der Waals surface area contributed by atoms with Gasteiger partial charge in [-0.2, -0.15) is 0 Å². The molecule has 1 atom stereocenters. The summed E-state index contributed by atoms with van der Waals surface area (Å²) < 4.78 is 0. The largest absolute Gasteiger partial charge is 0.480 e. The smallest absolute Gasteiger partial charge is 0.326 e. The molecule has 2 amide bonds. The molecule has 0 fully saturated rings. The first-order chi connectivity index (χ1) is 8.47. The van der Waals surface area contributed by atoms with Crippen molar-refractivity contribution in [1.29, 1.82) is 0 Å². The Morgan fingerprint density at radius 3 is 2.33 bits per heavy atom. The molecule has 0 aliphatic carbocycles. The quantitative estimate of drug-likeness (QED) is 0.555. The van der Waals surface area contributed by atoms with Crippen LogP contribution in [0.5, 0.6) is 0 Å². The van der Waals surface area contributed by atoms with Crippen LogP contribution in [0.4, 0.5) is 4.79 Å². The minimum absolute atomic E-state index is 0.232. The first-order valence-corrected chi connectivity index (χ1v) is 6.74. The van der Waals surface area contributed by atoms with Crippen molar-refractivity contribution >= 4 is 12.0 Å². The molecule has 0 aromatic rings. The second-order valence-corrected chi connectivity index (χ2v) is 4.98. The summed E-state index contributed by atoms with van der Waals surface area (Å²) >= 11 is 0. The van der Waals surface area contributed by atoms with Gasteiger partial charge in [0.15, 0.2) is 0 Å². The normalized spacial score (nSPS) is 12.2. The molecular formula is C13H26N2O3. The fourth-order valence-corrected chi connectivity index (χ4v) is 1.66. The van der Waals surface area contributed by atoms with Crippen LogP contribution in [0.15, 0.2) is 0 Å². The first kappa shape index (κ1) is 16.7. The molecule has 0 saturated carbocycles. The Balaban J connectivity index is 3.85. The van der Waals surface area contributed by atoms with Gasteiger partial charge >= 0.3 is 12.0 Å². The second kappa shape index (κ2) is 9.74. The number of amides is 2. The Labute approximate surface area is 109 Å². The minimum atomic E-state index is -0.982. The lowest BCUT2D eigenvalue weighted by Crippen LogP contribution is -2.46. The van der Waals surface area contributed by atoms with Crippen molar-refractivity contribution in [2.45, 2.75) is 58.9 Å². The van der Waals surface area contributed by atoms with Crippen LogP contribution >= 0.6 is 0 Å². The molecule has 1 unspecified atom stereocenters. The number of rotatable bonds is 9. The van der Waals surface area contributed by atoms with Gasteiger partial charge in [-0.3, -0.25) is 0 Å². The molecule has 0 heterocycles. The fraction of sp³-hybridized carbons (Fsp3) is 0.846. The number of carbonyl (C=O) groups excluding carboxylic acids is 1. The number of carboxylic acid groups (broad SMARTS) is 1. The van der Waals surface area contributed by atoms with E-state index in [1.807, 2.05) is 13.8 Å². The highest BCUT2D eigenvalue weighted by Crippen LogP contribution is 2.04. The third kappa shape index (κ3) is 8.84. The van der Waals surface area contributed by atoms with E-state index in [1.165, 1.54) is 0 Å². The number of nitrogens with one attached hydrogen (secondary N) is 2. The van der Waals surface area contributed by atoms with Crippen molar-refractivity contribution < 1.29 is 14.7 Å². The lowest BCUT2D eigenvalue weighted by molar-refractivity contribution is -0.139. The molecule has 0 rings (SSSR count). The van der Waals surface area contributed by atoms with E-state index in [-0.39, 0.29) is 11.9 Å². The Kier molecular flexibility index (Phi) is 9.06. The Morgan fingerprint density at radius 1 is 1.17 bits per heavy atom. The number of hydrogen-bond donors (Lipinski definition) is 3. The van der Waals surface area contributed by atoms with E-state index in [4.69, 9.17) is 5.11 Å². The van der Waals surface area contributed by atoms with Crippen LogP contribution in [-0.4, -0.2) is 29.7 Å². The van der Waals surface area contributed by atoms with Crippen molar-refractivity contribution in [3.8, 4) is 0 Å². The van der Waals surface area contributed by atoms with E-state index in [1.54, 1.807) is 0 Å². The van der Waals surface area contributed by atoms with Gasteiger partial charge in [0.25, 0.3) is 0 Å². The average Bonchev–Trinajstić information content (AvgIpc) is 2.27. The molecule has 0 saturated heterocycles. The molecule has 106 valence electrons. The van der Waals surface area contributed by atoms with Gasteiger partial charge in [0.1, 0.15) is 6.04 Å². The summed E-state index contributed by atoms with van der Waals surface area (Å²) in [7, 11) is 0. The maximum absolute atomic E-state index is 11.5. The fourth-order valence-electron chi connectivity index (χ4n) is 1.66. The molecule has 3 N–H and O–H groups in total. The van der Waals surface area contributed by atoms with Crippen molar-refractivity contribution in [3.05, 3.63) is 0 Å². The van der Waals surface area contributed by atoms with Gasteiger partial charge < -0.3 is 15.7 Å². The van der Waals surface area contributed by atoms with Crippen LogP contribution in [0.2, 0.25) is 0 Å². The lowest BCUT2D eigenvalue weighted by atomic mass is 10.0. The topological polar surface area (TPSA) is 78.4 Å². The number of urea groups is 1. The lowest BCUT2D eigenvalue weighted by Gasteiger charge is -2.16. The zero-order chi connectivity index (χ0) is 14.0. The first-order valence-electron chi connectivity index (χ1n) is 6.74. The summed E-state index contributed by atoms with van der Waals surface area (Å²) in [6, 6.07) is -1.19. The number of hydrogen-bond acceptors (Lipinski definition) is 2. The molecule has 0 aliphatic rings. The molecule has 0 radical (unpaired) electrons. The number of unbranched alkanes of at least 4 members (excludes halogenated alkanes) is 3. The van der Waals surface area contributed by atoms with Gasteiger partial charge in [-0.05, 0) is 18.8 Å². The van der Waals surface area contributed by atoms with Crippen molar-refractivity contribution in [3.63, 3.8) is 0 Å². The maximum Gasteiger partial charge on any atom is 0.326 e. The summed E-state index contributed by atoms with van der Waals surface area (Å²) in [5.74, 6) is -0.749. The van der Waals surface area contributed by atoms with E-state index in [0.29, 0.717) is 13.0 Å². The van der Waals surface area contributed by atoms with Crippen LogP contribution in [0.1, 0.15) is 52.9 Å². The molecule has 5 heteroatoms. The summed E-state index contributed by atoms with van der Waals surface area (Å²) in [5, 5.41) is 14.1. The molecule has 0 aromatic heterocycles. The molecule has 5 nitrogen and oxygen atoms in total. The van der Waals surface area contributed by atoms with Gasteiger partial charge in [-0.15, -0.1) is 0 Å².